The van der Waals surface area contributed by atoms with Gasteiger partial charge >= 0.3 is 5.69 Å². The minimum absolute atomic E-state index is 0.124. The van der Waals surface area contributed by atoms with Gasteiger partial charge in [-0.3, -0.25) is 9.13 Å². The van der Waals surface area contributed by atoms with E-state index >= 15 is 0 Å². The Hall–Kier alpha value is -3.34. The minimum Gasteiger partial charge on any atom is -0.494 e. The lowest BCUT2D eigenvalue weighted by Crippen LogP contribution is -2.26. The normalized spacial score (nSPS) is 12.6. The molecule has 0 saturated heterocycles. The summed E-state index contributed by atoms with van der Waals surface area (Å²) in [6, 6.07) is 11.6. The molecule has 0 aliphatic carbocycles. The van der Waals surface area contributed by atoms with E-state index in [1.807, 2.05) is 75.5 Å². The highest BCUT2D eigenvalue weighted by molar-refractivity contribution is 5.74. The second-order valence-electron chi connectivity index (χ2n) is 7.00. The van der Waals surface area contributed by atoms with Crippen molar-refractivity contribution in [1.29, 1.82) is 0 Å². The third-order valence-electron chi connectivity index (χ3n) is 5.26. The number of nitrogens with zero attached hydrogens (tertiary/aromatic N) is 3. The predicted molar refractivity (Wildman–Crippen MR) is 122 cm³/mol. The van der Waals surface area contributed by atoms with Gasteiger partial charge in [-0.1, -0.05) is 37.8 Å². The number of benzene rings is 1. The first-order valence-corrected chi connectivity index (χ1v) is 10.4. The summed E-state index contributed by atoms with van der Waals surface area (Å²) in [6.07, 6.45) is 8.20. The average Bonchev–Trinajstić information content (AvgIpc) is 3.16. The number of hydrogen-bond donors (Lipinski definition) is 0. The van der Waals surface area contributed by atoms with Gasteiger partial charge in [0.2, 0.25) is 0 Å². The van der Waals surface area contributed by atoms with Crippen LogP contribution in [0.2, 0.25) is 0 Å². The van der Waals surface area contributed by atoms with Crippen LogP contribution < -0.4 is 10.4 Å². The highest BCUT2D eigenvalue weighted by atomic mass is 16.5. The molecule has 0 aliphatic rings. The zero-order chi connectivity index (χ0) is 21.7. The fourth-order valence-electron chi connectivity index (χ4n) is 3.59. The Morgan fingerprint density at radius 3 is 2.70 bits per heavy atom. The summed E-state index contributed by atoms with van der Waals surface area (Å²) >= 11 is 0. The number of rotatable bonds is 8. The molecule has 1 atom stereocenters. The van der Waals surface area contributed by atoms with Crippen LogP contribution in [0.1, 0.15) is 50.6 Å². The molecule has 0 aliphatic heterocycles. The zero-order valence-electron chi connectivity index (χ0n) is 18.1. The second kappa shape index (κ2) is 9.44. The van der Waals surface area contributed by atoms with Crippen molar-refractivity contribution in [1.82, 2.24) is 14.1 Å². The molecule has 0 amide bonds. The predicted octanol–water partition coefficient (Wildman–Crippen LogP) is 5.19. The van der Waals surface area contributed by atoms with Gasteiger partial charge in [0.1, 0.15) is 11.6 Å². The van der Waals surface area contributed by atoms with Crippen molar-refractivity contribution in [3.05, 3.63) is 94.8 Å². The Bertz CT molecular complexity index is 1120. The van der Waals surface area contributed by atoms with Crippen LogP contribution >= 0.6 is 0 Å². The number of hydrogen-bond acceptors (Lipinski definition) is 3. The molecular formula is C25H29N3O2. The molecule has 0 N–H and O–H groups in total. The summed E-state index contributed by atoms with van der Waals surface area (Å²) in [5.74, 6) is 1.43. The van der Waals surface area contributed by atoms with E-state index in [0.717, 1.165) is 34.6 Å². The van der Waals surface area contributed by atoms with Crippen molar-refractivity contribution in [3.8, 4) is 11.6 Å². The smallest absolute Gasteiger partial charge is 0.334 e. The van der Waals surface area contributed by atoms with Gasteiger partial charge in [-0.15, -0.1) is 0 Å². The van der Waals surface area contributed by atoms with Crippen LogP contribution in [0.4, 0.5) is 0 Å². The molecular weight excluding hydrogens is 374 g/mol. The van der Waals surface area contributed by atoms with Crippen LogP contribution in [0.15, 0.2) is 72.3 Å². The van der Waals surface area contributed by atoms with Gasteiger partial charge in [0.15, 0.2) is 0 Å². The Kier molecular flexibility index (Phi) is 6.72. The lowest BCUT2D eigenvalue weighted by Gasteiger charge is -2.14. The number of allylic oxidation sites excluding steroid dienone is 3. The number of pyridine rings is 1. The average molecular weight is 404 g/mol. The van der Waals surface area contributed by atoms with Crippen molar-refractivity contribution >= 4 is 5.57 Å². The van der Waals surface area contributed by atoms with E-state index in [0.29, 0.717) is 12.4 Å². The lowest BCUT2D eigenvalue weighted by molar-refractivity contribution is 0.339. The number of aromatic nitrogens is 3. The van der Waals surface area contributed by atoms with Gasteiger partial charge in [-0.05, 0) is 62.6 Å². The molecule has 2 heterocycles. The standard InChI is InChI=1S/C25H29N3O2/c1-6-19(7-2)22-13-14-24(26-23(22)8-3)28-16-15-27(25(28)29)18(5)20-11-10-12-21(17-20)30-9-4/h6-7,10-18H,1,8-9H2,2-5H3/b19-7+. The van der Waals surface area contributed by atoms with Crippen LogP contribution in [-0.2, 0) is 6.42 Å². The Morgan fingerprint density at radius 1 is 1.23 bits per heavy atom. The maximum atomic E-state index is 13.2. The molecule has 0 saturated carbocycles. The van der Waals surface area contributed by atoms with Crippen LogP contribution in [-0.4, -0.2) is 20.7 Å². The summed E-state index contributed by atoms with van der Waals surface area (Å²) in [6.45, 7) is 12.5. The highest BCUT2D eigenvalue weighted by Crippen LogP contribution is 2.23. The molecule has 0 bridgehead atoms. The van der Waals surface area contributed by atoms with Gasteiger partial charge in [0.05, 0.1) is 18.3 Å². The van der Waals surface area contributed by atoms with E-state index in [1.54, 1.807) is 15.3 Å². The second-order valence-corrected chi connectivity index (χ2v) is 7.00. The maximum Gasteiger partial charge on any atom is 0.334 e. The largest absolute Gasteiger partial charge is 0.494 e. The van der Waals surface area contributed by atoms with Gasteiger partial charge in [-0.25, -0.2) is 9.78 Å². The van der Waals surface area contributed by atoms with Gasteiger partial charge < -0.3 is 4.74 Å². The highest BCUT2D eigenvalue weighted by Gasteiger charge is 2.15. The third kappa shape index (κ3) is 4.15. The Labute approximate surface area is 178 Å². The summed E-state index contributed by atoms with van der Waals surface area (Å²) in [5.41, 5.74) is 3.92. The summed E-state index contributed by atoms with van der Waals surface area (Å²) < 4.78 is 8.91. The van der Waals surface area contributed by atoms with Crippen molar-refractivity contribution < 1.29 is 4.74 Å². The first-order valence-electron chi connectivity index (χ1n) is 10.4. The van der Waals surface area contributed by atoms with E-state index in [9.17, 15) is 4.79 Å². The molecule has 0 spiro atoms. The lowest BCUT2D eigenvalue weighted by atomic mass is 10.0. The van der Waals surface area contributed by atoms with Crippen LogP contribution in [0.5, 0.6) is 5.75 Å². The van der Waals surface area contributed by atoms with Crippen LogP contribution in [0, 0.1) is 0 Å². The first kappa shape index (κ1) is 21.4. The monoisotopic (exact) mass is 403 g/mol. The minimum atomic E-state index is -0.125. The van der Waals surface area contributed by atoms with Crippen molar-refractivity contribution in [2.24, 2.45) is 0 Å². The molecule has 1 aromatic carbocycles. The molecule has 0 fully saturated rings. The molecule has 30 heavy (non-hydrogen) atoms. The molecule has 3 rings (SSSR count). The van der Waals surface area contributed by atoms with Gasteiger partial charge in [-0.2, -0.15) is 0 Å². The summed E-state index contributed by atoms with van der Waals surface area (Å²) in [5, 5.41) is 0. The van der Waals surface area contributed by atoms with E-state index < -0.39 is 0 Å². The quantitative estimate of drug-likeness (QED) is 0.486. The molecule has 3 aromatic rings. The Morgan fingerprint density at radius 2 is 2.03 bits per heavy atom. The molecule has 5 nitrogen and oxygen atoms in total. The van der Waals surface area contributed by atoms with Gasteiger partial charge in [0, 0.05) is 18.0 Å². The zero-order valence-corrected chi connectivity index (χ0v) is 18.1. The molecule has 1 unspecified atom stereocenters. The van der Waals surface area contributed by atoms with E-state index in [2.05, 4.69) is 13.5 Å². The maximum absolute atomic E-state index is 13.2. The fourth-order valence-corrected chi connectivity index (χ4v) is 3.59. The summed E-state index contributed by atoms with van der Waals surface area (Å²) in [7, 11) is 0. The fraction of sp³-hybridized carbons (Fsp3) is 0.280. The van der Waals surface area contributed by atoms with Crippen LogP contribution in [0.3, 0.4) is 0 Å². The molecule has 0 radical (unpaired) electrons. The van der Waals surface area contributed by atoms with Crippen molar-refractivity contribution in [2.75, 3.05) is 6.61 Å². The Balaban J connectivity index is 1.98. The van der Waals surface area contributed by atoms with Crippen molar-refractivity contribution in [2.45, 2.75) is 40.2 Å². The molecule has 156 valence electrons. The summed E-state index contributed by atoms with van der Waals surface area (Å²) in [4.78, 5) is 17.9. The van der Waals surface area contributed by atoms with E-state index in [1.165, 1.54) is 0 Å². The van der Waals surface area contributed by atoms with Gasteiger partial charge in [0.25, 0.3) is 0 Å². The third-order valence-corrected chi connectivity index (χ3v) is 5.26. The topological polar surface area (TPSA) is 49.0 Å². The number of aryl methyl sites for hydroxylation is 1. The van der Waals surface area contributed by atoms with Crippen LogP contribution in [0.25, 0.3) is 11.4 Å². The number of ether oxygens (including phenoxy) is 1. The van der Waals surface area contributed by atoms with E-state index in [4.69, 9.17) is 9.72 Å². The van der Waals surface area contributed by atoms with Crippen molar-refractivity contribution in [3.63, 3.8) is 0 Å². The SMILES string of the molecule is C=C/C(=C\C)c1ccc(-n2ccn(C(C)c3cccc(OCC)c3)c2=O)nc1CC. The first-order chi connectivity index (χ1) is 14.5. The molecule has 2 aromatic heterocycles. The van der Waals surface area contributed by atoms with E-state index in [-0.39, 0.29) is 11.7 Å². The molecule has 5 heteroatoms. The number of imidazole rings is 1.